The van der Waals surface area contributed by atoms with E-state index in [0.29, 0.717) is 18.9 Å². The fourth-order valence-corrected chi connectivity index (χ4v) is 2.53. The number of amides is 2. The summed E-state index contributed by atoms with van der Waals surface area (Å²) in [7, 11) is 0. The molecule has 0 bridgehead atoms. The van der Waals surface area contributed by atoms with Crippen LogP contribution in [0.15, 0.2) is 0 Å². The summed E-state index contributed by atoms with van der Waals surface area (Å²) < 4.78 is 0. The van der Waals surface area contributed by atoms with Crippen molar-refractivity contribution in [1.29, 1.82) is 0 Å². The van der Waals surface area contributed by atoms with Gasteiger partial charge in [0.2, 0.25) is 11.8 Å². The van der Waals surface area contributed by atoms with Gasteiger partial charge in [-0.15, -0.1) is 0 Å². The zero-order valence-electron chi connectivity index (χ0n) is 12.2. The number of nitrogens with zero attached hydrogens (tertiary/aromatic N) is 1. The average Bonchev–Trinajstić information content (AvgIpc) is 2.31. The van der Waals surface area contributed by atoms with Crippen molar-refractivity contribution in [3.8, 4) is 0 Å². The second-order valence-corrected chi connectivity index (χ2v) is 5.68. The van der Waals surface area contributed by atoms with Crippen LogP contribution in [-0.2, 0) is 9.59 Å². The summed E-state index contributed by atoms with van der Waals surface area (Å²) in [5, 5.41) is 2.82. The molecule has 0 saturated carbocycles. The number of piperazine rings is 1. The number of hydrogen-bond donors (Lipinski definition) is 1. The van der Waals surface area contributed by atoms with Gasteiger partial charge in [-0.3, -0.25) is 9.59 Å². The first-order valence-electron chi connectivity index (χ1n) is 7.00. The van der Waals surface area contributed by atoms with E-state index in [2.05, 4.69) is 19.2 Å². The third-order valence-corrected chi connectivity index (χ3v) is 3.91. The third kappa shape index (κ3) is 2.85. The first kappa shape index (κ1) is 15.0. The van der Waals surface area contributed by atoms with Crippen LogP contribution in [0.5, 0.6) is 0 Å². The molecule has 1 saturated heterocycles. The Balaban J connectivity index is 2.93. The first-order chi connectivity index (χ1) is 8.37. The van der Waals surface area contributed by atoms with E-state index in [4.69, 9.17) is 0 Å². The van der Waals surface area contributed by atoms with Crippen LogP contribution in [0, 0.1) is 5.92 Å². The van der Waals surface area contributed by atoms with E-state index in [1.54, 1.807) is 18.7 Å². The highest BCUT2D eigenvalue weighted by molar-refractivity contribution is 5.99. The molecular formula is C14H26N2O2. The Morgan fingerprint density at radius 3 is 2.22 bits per heavy atom. The Morgan fingerprint density at radius 2 is 1.78 bits per heavy atom. The molecule has 18 heavy (non-hydrogen) atoms. The Labute approximate surface area is 110 Å². The van der Waals surface area contributed by atoms with Gasteiger partial charge in [0.1, 0.15) is 11.6 Å². The molecule has 1 rings (SSSR count). The highest BCUT2D eigenvalue weighted by Gasteiger charge is 2.44. The van der Waals surface area contributed by atoms with Gasteiger partial charge in [-0.25, -0.2) is 0 Å². The van der Waals surface area contributed by atoms with Crippen molar-refractivity contribution in [3.05, 3.63) is 0 Å². The molecule has 4 nitrogen and oxygen atoms in total. The summed E-state index contributed by atoms with van der Waals surface area (Å²) in [4.78, 5) is 26.3. The summed E-state index contributed by atoms with van der Waals surface area (Å²) in [5.41, 5.74) is -0.769. The van der Waals surface area contributed by atoms with Crippen molar-refractivity contribution in [2.75, 3.05) is 6.54 Å². The van der Waals surface area contributed by atoms with Crippen molar-refractivity contribution in [3.63, 3.8) is 0 Å². The van der Waals surface area contributed by atoms with Gasteiger partial charge in [-0.2, -0.15) is 0 Å². The van der Waals surface area contributed by atoms with Crippen LogP contribution in [0.3, 0.4) is 0 Å². The maximum Gasteiger partial charge on any atom is 0.248 e. The number of carbonyl (C=O) groups excluding carboxylic acids is 2. The second-order valence-electron chi connectivity index (χ2n) is 5.68. The van der Waals surface area contributed by atoms with Gasteiger partial charge in [0, 0.05) is 6.54 Å². The zero-order chi connectivity index (χ0) is 13.9. The molecule has 1 heterocycles. The maximum absolute atomic E-state index is 12.4. The van der Waals surface area contributed by atoms with E-state index in [1.807, 2.05) is 6.92 Å². The lowest BCUT2D eigenvalue weighted by Crippen LogP contribution is -2.68. The van der Waals surface area contributed by atoms with Gasteiger partial charge >= 0.3 is 0 Å². The van der Waals surface area contributed by atoms with Crippen LogP contribution in [0.2, 0.25) is 0 Å². The summed E-state index contributed by atoms with van der Waals surface area (Å²) >= 11 is 0. The van der Waals surface area contributed by atoms with Crippen molar-refractivity contribution in [2.45, 2.75) is 65.5 Å². The molecule has 1 aliphatic rings. The molecule has 0 spiro atoms. The predicted molar refractivity (Wildman–Crippen MR) is 72.1 cm³/mol. The lowest BCUT2D eigenvalue weighted by atomic mass is 9.93. The summed E-state index contributed by atoms with van der Waals surface area (Å²) in [6.07, 6.45) is 2.76. The molecule has 4 heteroatoms. The monoisotopic (exact) mass is 254 g/mol. The lowest BCUT2D eigenvalue weighted by molar-refractivity contribution is -0.154. The Bertz CT molecular complexity index is 322. The van der Waals surface area contributed by atoms with Gasteiger partial charge < -0.3 is 10.2 Å². The normalized spacial score (nSPS) is 23.4. The SMILES string of the molecule is CCC(CC)CN1C(=O)C(C)(C)NC(=O)C1CC. The Kier molecular flexibility index (Phi) is 4.77. The Hall–Kier alpha value is -1.06. The van der Waals surface area contributed by atoms with Crippen LogP contribution in [-0.4, -0.2) is 34.8 Å². The third-order valence-electron chi connectivity index (χ3n) is 3.91. The molecule has 1 fully saturated rings. The fraction of sp³-hybridized carbons (Fsp3) is 0.857. The molecule has 104 valence electrons. The first-order valence-corrected chi connectivity index (χ1v) is 7.00. The standard InChI is InChI=1S/C14H26N2O2/c1-6-10(7-2)9-16-11(8-3)12(17)15-14(4,5)13(16)18/h10-11H,6-9H2,1-5H3,(H,15,17). The number of hydrogen-bond acceptors (Lipinski definition) is 2. The van der Waals surface area contributed by atoms with Crippen molar-refractivity contribution >= 4 is 11.8 Å². The molecule has 0 aromatic carbocycles. The van der Waals surface area contributed by atoms with E-state index < -0.39 is 5.54 Å². The highest BCUT2D eigenvalue weighted by Crippen LogP contribution is 2.22. The van der Waals surface area contributed by atoms with Crippen LogP contribution in [0.1, 0.15) is 53.9 Å². The minimum absolute atomic E-state index is 0.0203. The molecule has 0 aromatic rings. The fourth-order valence-electron chi connectivity index (χ4n) is 2.53. The van der Waals surface area contributed by atoms with Gasteiger partial charge in [0.25, 0.3) is 0 Å². The summed E-state index contributed by atoms with van der Waals surface area (Å²) in [6, 6.07) is -0.300. The molecular weight excluding hydrogens is 228 g/mol. The van der Waals surface area contributed by atoms with Gasteiger partial charge in [0.15, 0.2) is 0 Å². The highest BCUT2D eigenvalue weighted by atomic mass is 16.2. The van der Waals surface area contributed by atoms with Crippen LogP contribution in [0.4, 0.5) is 0 Å². The van der Waals surface area contributed by atoms with Gasteiger partial charge in [0.05, 0.1) is 0 Å². The molecule has 0 aliphatic carbocycles. The molecule has 1 aliphatic heterocycles. The van der Waals surface area contributed by atoms with Crippen molar-refractivity contribution in [1.82, 2.24) is 10.2 Å². The predicted octanol–water partition coefficient (Wildman–Crippen LogP) is 1.94. The molecule has 1 atom stereocenters. The quantitative estimate of drug-likeness (QED) is 0.815. The minimum Gasteiger partial charge on any atom is -0.340 e. The number of carbonyl (C=O) groups is 2. The molecule has 1 N–H and O–H groups in total. The molecule has 0 aromatic heterocycles. The van der Waals surface area contributed by atoms with E-state index in [-0.39, 0.29) is 17.9 Å². The lowest BCUT2D eigenvalue weighted by Gasteiger charge is -2.43. The topological polar surface area (TPSA) is 49.4 Å². The maximum atomic E-state index is 12.4. The number of nitrogens with one attached hydrogen (secondary N) is 1. The van der Waals surface area contributed by atoms with E-state index in [1.165, 1.54) is 0 Å². The molecule has 2 amide bonds. The van der Waals surface area contributed by atoms with Gasteiger partial charge in [-0.1, -0.05) is 33.6 Å². The molecule has 0 radical (unpaired) electrons. The van der Waals surface area contributed by atoms with E-state index in [9.17, 15) is 9.59 Å². The van der Waals surface area contributed by atoms with Crippen molar-refractivity contribution in [2.24, 2.45) is 5.92 Å². The average molecular weight is 254 g/mol. The van der Waals surface area contributed by atoms with E-state index in [0.717, 1.165) is 12.8 Å². The van der Waals surface area contributed by atoms with Crippen LogP contribution in [0.25, 0.3) is 0 Å². The summed E-state index contributed by atoms with van der Waals surface area (Å²) in [6.45, 7) is 10.5. The molecule has 1 unspecified atom stereocenters. The van der Waals surface area contributed by atoms with Crippen LogP contribution < -0.4 is 5.32 Å². The van der Waals surface area contributed by atoms with Crippen LogP contribution >= 0.6 is 0 Å². The van der Waals surface area contributed by atoms with Crippen molar-refractivity contribution < 1.29 is 9.59 Å². The zero-order valence-corrected chi connectivity index (χ0v) is 12.2. The van der Waals surface area contributed by atoms with Gasteiger partial charge in [-0.05, 0) is 26.2 Å². The Morgan fingerprint density at radius 1 is 1.22 bits per heavy atom. The number of rotatable bonds is 5. The summed E-state index contributed by atoms with van der Waals surface area (Å²) in [5.74, 6) is 0.499. The smallest absolute Gasteiger partial charge is 0.248 e. The minimum atomic E-state index is -0.769. The largest absolute Gasteiger partial charge is 0.340 e. The second kappa shape index (κ2) is 5.72. The van der Waals surface area contributed by atoms with E-state index >= 15 is 0 Å².